The first-order valence-corrected chi connectivity index (χ1v) is 10.9. The molecule has 0 aliphatic carbocycles. The highest BCUT2D eigenvalue weighted by Crippen LogP contribution is 2.40. The van der Waals surface area contributed by atoms with Crippen LogP contribution in [0.3, 0.4) is 0 Å². The van der Waals surface area contributed by atoms with Crippen molar-refractivity contribution in [3.05, 3.63) is 52.9 Å². The Morgan fingerprint density at radius 2 is 2.00 bits per heavy atom. The minimum absolute atomic E-state index is 0.00649. The Balaban J connectivity index is 1.45. The van der Waals surface area contributed by atoms with Gasteiger partial charge in [-0.05, 0) is 30.5 Å². The lowest BCUT2D eigenvalue weighted by atomic mass is 10.0. The number of halogens is 4. The first kappa shape index (κ1) is 22.0. The number of rotatable bonds is 4. The molecule has 33 heavy (non-hydrogen) atoms. The monoisotopic (exact) mass is 479 g/mol. The van der Waals surface area contributed by atoms with E-state index in [1.807, 2.05) is 4.90 Å². The molecule has 2 aliphatic heterocycles. The van der Waals surface area contributed by atoms with Crippen LogP contribution in [0.4, 0.5) is 24.5 Å². The largest absolute Gasteiger partial charge is 0.413 e. The smallest absolute Gasteiger partial charge is 0.380 e. The second kappa shape index (κ2) is 8.18. The van der Waals surface area contributed by atoms with Crippen LogP contribution in [0, 0.1) is 5.92 Å². The van der Waals surface area contributed by atoms with Gasteiger partial charge in [-0.2, -0.15) is 18.3 Å². The number of amides is 1. The van der Waals surface area contributed by atoms with Gasteiger partial charge >= 0.3 is 6.18 Å². The zero-order valence-electron chi connectivity index (χ0n) is 17.7. The molecule has 0 bridgehead atoms. The zero-order valence-corrected chi connectivity index (χ0v) is 18.5. The van der Waals surface area contributed by atoms with Crippen LogP contribution >= 0.6 is 11.6 Å². The molecule has 4 heterocycles. The predicted molar refractivity (Wildman–Crippen MR) is 116 cm³/mol. The van der Waals surface area contributed by atoms with Crippen molar-refractivity contribution in [3.8, 4) is 0 Å². The topological polar surface area (TPSA) is 63.0 Å². The molecular weight excluding hydrogens is 459 g/mol. The molecule has 0 unspecified atom stereocenters. The van der Waals surface area contributed by atoms with Gasteiger partial charge in [0.1, 0.15) is 0 Å². The third-order valence-electron chi connectivity index (χ3n) is 6.17. The van der Waals surface area contributed by atoms with E-state index in [9.17, 15) is 18.0 Å². The highest BCUT2D eigenvalue weighted by atomic mass is 35.5. The number of nitrogens with zero attached hydrogens (tertiary/aromatic N) is 5. The number of aryl methyl sites for hydroxylation is 1. The first-order chi connectivity index (χ1) is 15.7. The van der Waals surface area contributed by atoms with E-state index < -0.39 is 24.0 Å². The molecule has 0 radical (unpaired) electrons. The molecule has 7 nitrogen and oxygen atoms in total. The summed E-state index contributed by atoms with van der Waals surface area (Å²) in [5.74, 6) is -1.09. The van der Waals surface area contributed by atoms with Crippen molar-refractivity contribution in [2.24, 2.45) is 5.92 Å². The van der Waals surface area contributed by atoms with Gasteiger partial charge in [-0.1, -0.05) is 23.7 Å². The van der Waals surface area contributed by atoms with Gasteiger partial charge in [-0.25, -0.2) is 9.50 Å². The standard InChI is InChI=1S/C22H21ClF3N5O2/c1-29(21(32)14-11-33-12-14)20(22(24,25)26)13-4-6-15(7-5-13)30-8-2-3-16-17(30)10-27-19-9-18(23)28-31(16)19/h4-7,9-10,14,20H,2-3,8,11-12H2,1H3/t20-/m0/s1. The lowest BCUT2D eigenvalue weighted by molar-refractivity contribution is -0.195. The number of carbonyl (C=O) groups is 1. The molecule has 3 aromatic rings. The zero-order chi connectivity index (χ0) is 23.3. The van der Waals surface area contributed by atoms with E-state index in [4.69, 9.17) is 16.3 Å². The highest BCUT2D eigenvalue weighted by molar-refractivity contribution is 6.29. The van der Waals surface area contributed by atoms with Gasteiger partial charge in [0, 0.05) is 25.3 Å². The maximum atomic E-state index is 13.9. The van der Waals surface area contributed by atoms with Crippen molar-refractivity contribution in [2.75, 3.05) is 31.7 Å². The fraction of sp³-hybridized carbons (Fsp3) is 0.409. The Morgan fingerprint density at radius 1 is 1.27 bits per heavy atom. The minimum atomic E-state index is -4.61. The van der Waals surface area contributed by atoms with Crippen molar-refractivity contribution >= 4 is 34.5 Å². The molecule has 0 spiro atoms. The fourth-order valence-corrected chi connectivity index (χ4v) is 4.63. The third-order valence-corrected chi connectivity index (χ3v) is 6.35. The van der Waals surface area contributed by atoms with E-state index in [1.165, 1.54) is 19.2 Å². The minimum Gasteiger partial charge on any atom is -0.380 e. The molecular formula is C22H21ClF3N5O2. The Labute approximate surface area is 192 Å². The normalized spacial score (nSPS) is 17.5. The van der Waals surface area contributed by atoms with E-state index >= 15 is 0 Å². The molecule has 174 valence electrons. The van der Waals surface area contributed by atoms with Gasteiger partial charge in [-0.3, -0.25) is 4.79 Å². The number of benzene rings is 1. The summed E-state index contributed by atoms with van der Waals surface area (Å²) in [4.78, 5) is 19.7. The van der Waals surface area contributed by atoms with Gasteiger partial charge in [-0.15, -0.1) is 0 Å². The van der Waals surface area contributed by atoms with Crippen LogP contribution < -0.4 is 4.90 Å². The molecule has 11 heteroatoms. The maximum Gasteiger partial charge on any atom is 0.413 e. The SMILES string of the molecule is CN(C(=O)C1COC1)[C@@H](c1ccc(N2CCCc3c2cnc2cc(Cl)nn32)cc1)C(F)(F)F. The molecule has 1 aromatic carbocycles. The Bertz CT molecular complexity index is 1190. The first-order valence-electron chi connectivity index (χ1n) is 10.6. The van der Waals surface area contributed by atoms with Crippen LogP contribution in [-0.4, -0.2) is 58.4 Å². The summed E-state index contributed by atoms with van der Waals surface area (Å²) < 4.78 is 48.5. The van der Waals surface area contributed by atoms with Crippen LogP contribution in [0.25, 0.3) is 5.65 Å². The lowest BCUT2D eigenvalue weighted by Crippen LogP contribution is -2.47. The van der Waals surface area contributed by atoms with Gasteiger partial charge in [0.2, 0.25) is 5.91 Å². The number of alkyl halides is 3. The van der Waals surface area contributed by atoms with Gasteiger partial charge in [0.05, 0.1) is 36.7 Å². The molecule has 0 saturated carbocycles. The quantitative estimate of drug-likeness (QED) is 0.562. The van der Waals surface area contributed by atoms with E-state index in [0.29, 0.717) is 17.3 Å². The van der Waals surface area contributed by atoms with Crippen molar-refractivity contribution in [1.82, 2.24) is 19.5 Å². The summed E-state index contributed by atoms with van der Waals surface area (Å²) in [6, 6.07) is 5.81. The number of hydrogen-bond donors (Lipinski definition) is 0. The number of hydrogen-bond acceptors (Lipinski definition) is 5. The number of ether oxygens (including phenoxy) is 1. The molecule has 1 atom stereocenters. The molecule has 2 aliphatic rings. The molecule has 2 aromatic heterocycles. The lowest BCUT2D eigenvalue weighted by Gasteiger charge is -2.36. The van der Waals surface area contributed by atoms with Crippen molar-refractivity contribution in [2.45, 2.75) is 25.1 Å². The maximum absolute atomic E-state index is 13.9. The van der Waals surface area contributed by atoms with E-state index in [1.54, 1.807) is 28.9 Å². The second-order valence-electron chi connectivity index (χ2n) is 8.30. The molecule has 1 amide bonds. The van der Waals surface area contributed by atoms with Gasteiger partial charge < -0.3 is 14.5 Å². The average Bonchev–Trinajstić information content (AvgIpc) is 3.12. The van der Waals surface area contributed by atoms with Crippen LogP contribution in [-0.2, 0) is 16.0 Å². The van der Waals surface area contributed by atoms with Crippen molar-refractivity contribution in [1.29, 1.82) is 0 Å². The van der Waals surface area contributed by atoms with Gasteiger partial charge in [0.25, 0.3) is 0 Å². The number of carbonyl (C=O) groups excluding carboxylic acids is 1. The van der Waals surface area contributed by atoms with Crippen molar-refractivity contribution in [3.63, 3.8) is 0 Å². The molecule has 5 rings (SSSR count). The van der Waals surface area contributed by atoms with Crippen LogP contribution in [0.1, 0.15) is 23.7 Å². The highest BCUT2D eigenvalue weighted by Gasteiger charge is 2.47. The van der Waals surface area contributed by atoms with E-state index in [0.717, 1.165) is 34.8 Å². The van der Waals surface area contributed by atoms with Crippen molar-refractivity contribution < 1.29 is 22.7 Å². The summed E-state index contributed by atoms with van der Waals surface area (Å²) in [5, 5.41) is 4.65. The van der Waals surface area contributed by atoms with E-state index in [2.05, 4.69) is 10.1 Å². The summed E-state index contributed by atoms with van der Waals surface area (Å²) in [5.41, 5.74) is 3.18. The summed E-state index contributed by atoms with van der Waals surface area (Å²) in [6.07, 6.45) is -1.24. The number of anilines is 2. The van der Waals surface area contributed by atoms with E-state index in [-0.39, 0.29) is 18.8 Å². The summed E-state index contributed by atoms with van der Waals surface area (Å²) in [7, 11) is 1.19. The Kier molecular flexibility index (Phi) is 5.44. The number of fused-ring (bicyclic) bond motifs is 3. The predicted octanol–water partition coefficient (Wildman–Crippen LogP) is 4.18. The van der Waals surface area contributed by atoms with Crippen LogP contribution in [0.5, 0.6) is 0 Å². The second-order valence-corrected chi connectivity index (χ2v) is 8.69. The van der Waals surface area contributed by atoms with Gasteiger partial charge in [0.15, 0.2) is 16.8 Å². The average molecular weight is 480 g/mol. The van der Waals surface area contributed by atoms with Crippen LogP contribution in [0.2, 0.25) is 5.15 Å². The summed E-state index contributed by atoms with van der Waals surface area (Å²) in [6.45, 7) is 1.00. The molecule has 1 fully saturated rings. The van der Waals surface area contributed by atoms with Crippen LogP contribution in [0.15, 0.2) is 36.5 Å². The third kappa shape index (κ3) is 3.91. The molecule has 1 saturated heterocycles. The fourth-order valence-electron chi connectivity index (χ4n) is 4.46. The number of aromatic nitrogens is 3. The Morgan fingerprint density at radius 3 is 2.64 bits per heavy atom. The molecule has 0 N–H and O–H groups in total. The Hall–Kier alpha value is -2.85. The summed E-state index contributed by atoms with van der Waals surface area (Å²) >= 11 is 6.03.